The number of carbonyl (C=O) groups excluding carboxylic acids is 1. The molecule has 0 heterocycles. The Labute approximate surface area is 85.9 Å². The van der Waals surface area contributed by atoms with Crippen LogP contribution in [0.4, 0.5) is 0 Å². The Morgan fingerprint density at radius 3 is 2.62 bits per heavy atom. The van der Waals surface area contributed by atoms with E-state index < -0.39 is 0 Å². The predicted octanol–water partition coefficient (Wildman–Crippen LogP) is 2.29. The quantitative estimate of drug-likeness (QED) is 0.643. The van der Waals surface area contributed by atoms with Crippen LogP contribution in [0.15, 0.2) is 0 Å². The van der Waals surface area contributed by atoms with E-state index in [4.69, 9.17) is 0 Å². The second-order valence-corrected chi connectivity index (χ2v) is 4.79. The van der Waals surface area contributed by atoms with Gasteiger partial charge in [-0.15, -0.1) is 0 Å². The van der Waals surface area contributed by atoms with Crippen molar-refractivity contribution in [3.63, 3.8) is 0 Å². The van der Waals surface area contributed by atoms with Crippen LogP contribution in [0.25, 0.3) is 0 Å². The number of nitrogens with one attached hydrogen (secondary N) is 1. The molecule has 2 nitrogen and oxygen atoms in total. The maximum absolute atomic E-state index is 11.2. The number of rotatable bonds is 7. The molecule has 0 atom stereocenters. The van der Waals surface area contributed by atoms with Gasteiger partial charge in [0, 0.05) is 18.7 Å². The molecule has 1 amide bonds. The van der Waals surface area contributed by atoms with Crippen LogP contribution >= 0.6 is 11.8 Å². The smallest absolute Gasteiger partial charge is 0.220 e. The lowest BCUT2D eigenvalue weighted by Gasteiger charge is -2.06. The SMILES string of the molecule is CCCSCCNC(=O)CC(C)C. The minimum Gasteiger partial charge on any atom is -0.355 e. The van der Waals surface area contributed by atoms with Crippen LogP contribution in [0.5, 0.6) is 0 Å². The van der Waals surface area contributed by atoms with Crippen LogP contribution in [0, 0.1) is 5.92 Å². The highest BCUT2D eigenvalue weighted by Crippen LogP contribution is 2.01. The molecule has 0 rings (SSSR count). The predicted molar refractivity (Wildman–Crippen MR) is 60.1 cm³/mol. The zero-order valence-corrected chi connectivity index (χ0v) is 9.75. The summed E-state index contributed by atoms with van der Waals surface area (Å²) in [6, 6.07) is 0. The molecule has 1 N–H and O–H groups in total. The monoisotopic (exact) mass is 203 g/mol. The standard InChI is InChI=1S/C10H21NOS/c1-4-6-13-7-5-11-10(12)8-9(2)3/h9H,4-8H2,1-3H3,(H,11,12). The highest BCUT2D eigenvalue weighted by molar-refractivity contribution is 7.99. The molecule has 13 heavy (non-hydrogen) atoms. The van der Waals surface area contributed by atoms with Crippen molar-refractivity contribution >= 4 is 17.7 Å². The summed E-state index contributed by atoms with van der Waals surface area (Å²) in [7, 11) is 0. The first-order valence-corrected chi connectivity index (χ1v) is 6.16. The summed E-state index contributed by atoms with van der Waals surface area (Å²) < 4.78 is 0. The summed E-state index contributed by atoms with van der Waals surface area (Å²) >= 11 is 1.90. The lowest BCUT2D eigenvalue weighted by atomic mass is 10.1. The number of carbonyl (C=O) groups is 1. The Kier molecular flexibility index (Phi) is 8.30. The lowest BCUT2D eigenvalue weighted by molar-refractivity contribution is -0.121. The third-order valence-electron chi connectivity index (χ3n) is 1.51. The van der Waals surface area contributed by atoms with Gasteiger partial charge in [0.05, 0.1) is 0 Å². The van der Waals surface area contributed by atoms with Crippen LogP contribution in [0.1, 0.15) is 33.6 Å². The van der Waals surface area contributed by atoms with E-state index >= 15 is 0 Å². The number of amides is 1. The van der Waals surface area contributed by atoms with E-state index in [9.17, 15) is 4.79 Å². The fraction of sp³-hybridized carbons (Fsp3) is 0.900. The second kappa shape index (κ2) is 8.42. The number of hydrogen-bond donors (Lipinski definition) is 1. The molecular weight excluding hydrogens is 182 g/mol. The van der Waals surface area contributed by atoms with E-state index in [1.165, 1.54) is 12.2 Å². The Balaban J connectivity index is 3.17. The first kappa shape index (κ1) is 12.8. The molecule has 0 fully saturated rings. The molecule has 3 heteroatoms. The fourth-order valence-corrected chi connectivity index (χ4v) is 1.69. The molecule has 0 aliphatic rings. The highest BCUT2D eigenvalue weighted by Gasteiger charge is 2.02. The molecule has 0 aliphatic heterocycles. The van der Waals surface area contributed by atoms with Crippen molar-refractivity contribution in [2.45, 2.75) is 33.6 Å². The summed E-state index contributed by atoms with van der Waals surface area (Å²) in [5.74, 6) is 2.88. The summed E-state index contributed by atoms with van der Waals surface area (Å²) in [6.45, 7) is 7.11. The van der Waals surface area contributed by atoms with Gasteiger partial charge in [0.15, 0.2) is 0 Å². The van der Waals surface area contributed by atoms with Gasteiger partial charge < -0.3 is 5.32 Å². The number of hydrogen-bond acceptors (Lipinski definition) is 2. The van der Waals surface area contributed by atoms with Gasteiger partial charge in [-0.3, -0.25) is 4.79 Å². The molecule has 0 saturated carbocycles. The maximum Gasteiger partial charge on any atom is 0.220 e. The van der Waals surface area contributed by atoms with Crippen LogP contribution < -0.4 is 5.32 Å². The highest BCUT2D eigenvalue weighted by atomic mass is 32.2. The third-order valence-corrected chi connectivity index (χ3v) is 2.70. The molecule has 0 spiro atoms. The molecule has 0 bridgehead atoms. The third kappa shape index (κ3) is 9.74. The Morgan fingerprint density at radius 2 is 2.08 bits per heavy atom. The summed E-state index contributed by atoms with van der Waals surface area (Å²) in [4.78, 5) is 11.2. The van der Waals surface area contributed by atoms with Crippen LogP contribution in [0.3, 0.4) is 0 Å². The molecule has 0 unspecified atom stereocenters. The normalized spacial score (nSPS) is 10.5. The van der Waals surface area contributed by atoms with Gasteiger partial charge in [-0.25, -0.2) is 0 Å². The van der Waals surface area contributed by atoms with Gasteiger partial charge >= 0.3 is 0 Å². The second-order valence-electron chi connectivity index (χ2n) is 3.56. The average molecular weight is 203 g/mol. The number of thioether (sulfide) groups is 1. The van der Waals surface area contributed by atoms with E-state index in [2.05, 4.69) is 26.1 Å². The summed E-state index contributed by atoms with van der Waals surface area (Å²) in [5, 5.41) is 2.91. The van der Waals surface area contributed by atoms with E-state index in [-0.39, 0.29) is 5.91 Å². The van der Waals surface area contributed by atoms with Crippen molar-refractivity contribution in [1.82, 2.24) is 5.32 Å². The minimum atomic E-state index is 0.187. The summed E-state index contributed by atoms with van der Waals surface area (Å²) in [5.41, 5.74) is 0. The lowest BCUT2D eigenvalue weighted by Crippen LogP contribution is -2.26. The van der Waals surface area contributed by atoms with Crippen molar-refractivity contribution in [3.8, 4) is 0 Å². The van der Waals surface area contributed by atoms with Crippen molar-refractivity contribution < 1.29 is 4.79 Å². The van der Waals surface area contributed by atoms with Crippen molar-refractivity contribution in [2.24, 2.45) is 5.92 Å². The van der Waals surface area contributed by atoms with Gasteiger partial charge in [-0.2, -0.15) is 11.8 Å². The average Bonchev–Trinajstić information content (AvgIpc) is 2.02. The van der Waals surface area contributed by atoms with Crippen molar-refractivity contribution in [2.75, 3.05) is 18.1 Å². The van der Waals surface area contributed by atoms with E-state index in [1.807, 2.05) is 11.8 Å². The fourth-order valence-electron chi connectivity index (χ4n) is 0.952. The Hall–Kier alpha value is -0.180. The molecule has 0 aromatic rings. The van der Waals surface area contributed by atoms with Crippen LogP contribution in [-0.2, 0) is 4.79 Å². The molecule has 0 aliphatic carbocycles. The first-order valence-electron chi connectivity index (χ1n) is 5.01. The minimum absolute atomic E-state index is 0.187. The molecular formula is C10H21NOS. The van der Waals surface area contributed by atoms with Crippen LogP contribution in [0.2, 0.25) is 0 Å². The van der Waals surface area contributed by atoms with Gasteiger partial charge in [0.25, 0.3) is 0 Å². The van der Waals surface area contributed by atoms with Gasteiger partial charge in [0.2, 0.25) is 5.91 Å². The first-order chi connectivity index (χ1) is 6.16. The summed E-state index contributed by atoms with van der Waals surface area (Å²) in [6.07, 6.45) is 1.86. The molecule has 0 saturated heterocycles. The largest absolute Gasteiger partial charge is 0.355 e. The molecule has 0 aromatic carbocycles. The molecule has 0 radical (unpaired) electrons. The van der Waals surface area contributed by atoms with Gasteiger partial charge in [-0.05, 0) is 18.1 Å². The van der Waals surface area contributed by atoms with Crippen LogP contribution in [-0.4, -0.2) is 24.0 Å². The van der Waals surface area contributed by atoms with Crippen molar-refractivity contribution in [1.29, 1.82) is 0 Å². The molecule has 0 aromatic heterocycles. The maximum atomic E-state index is 11.2. The van der Waals surface area contributed by atoms with E-state index in [1.54, 1.807) is 0 Å². The zero-order chi connectivity index (χ0) is 10.1. The van der Waals surface area contributed by atoms with E-state index in [0.717, 1.165) is 12.3 Å². The topological polar surface area (TPSA) is 29.1 Å². The zero-order valence-electron chi connectivity index (χ0n) is 8.93. The van der Waals surface area contributed by atoms with Gasteiger partial charge in [0.1, 0.15) is 0 Å². The Morgan fingerprint density at radius 1 is 1.38 bits per heavy atom. The van der Waals surface area contributed by atoms with Crippen molar-refractivity contribution in [3.05, 3.63) is 0 Å². The van der Waals surface area contributed by atoms with Gasteiger partial charge in [-0.1, -0.05) is 20.8 Å². The Bertz CT molecular complexity index is 137. The molecule has 78 valence electrons. The van der Waals surface area contributed by atoms with E-state index in [0.29, 0.717) is 12.3 Å².